The summed E-state index contributed by atoms with van der Waals surface area (Å²) in [4.78, 5) is 11.8. The van der Waals surface area contributed by atoms with Crippen molar-refractivity contribution in [3.8, 4) is 0 Å². The number of nitrogens with one attached hydrogen (secondary N) is 1. The number of ether oxygens (including phenoxy) is 1. The molecular formula is C14H25NO2. The van der Waals surface area contributed by atoms with Crippen LogP contribution in [0.1, 0.15) is 51.9 Å². The number of hydrogen-bond acceptors (Lipinski definition) is 2. The van der Waals surface area contributed by atoms with Crippen molar-refractivity contribution in [2.75, 3.05) is 19.8 Å². The summed E-state index contributed by atoms with van der Waals surface area (Å²) in [5.41, 5.74) is 0.441. The van der Waals surface area contributed by atoms with Gasteiger partial charge in [-0.25, -0.2) is 0 Å². The third-order valence-electron chi connectivity index (χ3n) is 4.35. The van der Waals surface area contributed by atoms with Crippen LogP contribution in [0.3, 0.4) is 0 Å². The molecule has 1 N–H and O–H groups in total. The lowest BCUT2D eigenvalue weighted by Gasteiger charge is -2.42. The molecule has 2 fully saturated rings. The Bertz CT molecular complexity index is 255. The summed E-state index contributed by atoms with van der Waals surface area (Å²) in [5.74, 6) is 0.682. The van der Waals surface area contributed by atoms with Gasteiger partial charge in [-0.05, 0) is 37.0 Å². The molecule has 3 nitrogen and oxygen atoms in total. The van der Waals surface area contributed by atoms with Crippen LogP contribution < -0.4 is 5.32 Å². The molecule has 2 rings (SSSR count). The van der Waals surface area contributed by atoms with Crippen molar-refractivity contribution in [1.82, 2.24) is 5.32 Å². The van der Waals surface area contributed by atoms with Gasteiger partial charge in [-0.3, -0.25) is 4.79 Å². The van der Waals surface area contributed by atoms with Crippen LogP contribution in [0.5, 0.6) is 0 Å². The van der Waals surface area contributed by atoms with Crippen molar-refractivity contribution in [2.45, 2.75) is 51.9 Å². The second-order valence-electron chi connectivity index (χ2n) is 5.81. The van der Waals surface area contributed by atoms with Gasteiger partial charge < -0.3 is 10.1 Å². The summed E-state index contributed by atoms with van der Waals surface area (Å²) in [7, 11) is 0. The topological polar surface area (TPSA) is 38.3 Å². The molecule has 0 aromatic carbocycles. The first-order valence-corrected chi connectivity index (χ1v) is 7.08. The Balaban J connectivity index is 1.67. The molecule has 1 heterocycles. The SMILES string of the molecule is CCCC1(CNC(=O)C[C@H]2CCOC2)CCC1. The molecule has 1 aliphatic carbocycles. The largest absolute Gasteiger partial charge is 0.381 e. The van der Waals surface area contributed by atoms with Gasteiger partial charge in [0.2, 0.25) is 5.91 Å². The fourth-order valence-electron chi connectivity index (χ4n) is 3.09. The van der Waals surface area contributed by atoms with E-state index < -0.39 is 0 Å². The number of carbonyl (C=O) groups excluding carboxylic acids is 1. The summed E-state index contributed by atoms with van der Waals surface area (Å²) < 4.78 is 5.29. The van der Waals surface area contributed by atoms with Crippen molar-refractivity contribution < 1.29 is 9.53 Å². The maximum atomic E-state index is 11.8. The molecular weight excluding hydrogens is 214 g/mol. The highest BCUT2D eigenvalue weighted by molar-refractivity contribution is 5.76. The standard InChI is InChI=1S/C14H25NO2/c1-2-5-14(6-3-7-14)11-15-13(16)9-12-4-8-17-10-12/h12H,2-11H2,1H3,(H,15,16)/t12-/m1/s1. The van der Waals surface area contributed by atoms with Crippen molar-refractivity contribution in [1.29, 1.82) is 0 Å². The quantitative estimate of drug-likeness (QED) is 0.773. The molecule has 0 unspecified atom stereocenters. The van der Waals surface area contributed by atoms with Gasteiger partial charge in [-0.1, -0.05) is 19.8 Å². The smallest absolute Gasteiger partial charge is 0.220 e. The van der Waals surface area contributed by atoms with E-state index in [0.29, 0.717) is 17.8 Å². The Hall–Kier alpha value is -0.570. The minimum atomic E-state index is 0.225. The van der Waals surface area contributed by atoms with E-state index in [0.717, 1.165) is 26.2 Å². The first-order valence-electron chi connectivity index (χ1n) is 7.08. The highest BCUT2D eigenvalue weighted by atomic mass is 16.5. The molecule has 3 heteroatoms. The number of carbonyl (C=O) groups is 1. The van der Waals surface area contributed by atoms with E-state index in [1.54, 1.807) is 0 Å². The van der Waals surface area contributed by atoms with E-state index in [1.165, 1.54) is 32.1 Å². The third-order valence-corrected chi connectivity index (χ3v) is 4.35. The minimum Gasteiger partial charge on any atom is -0.381 e. The molecule has 0 bridgehead atoms. The van der Waals surface area contributed by atoms with Crippen molar-refractivity contribution in [3.63, 3.8) is 0 Å². The second-order valence-corrected chi connectivity index (χ2v) is 5.81. The number of amides is 1. The van der Waals surface area contributed by atoms with Crippen LogP contribution in [-0.2, 0) is 9.53 Å². The predicted octanol–water partition coefficient (Wildman–Crippen LogP) is 2.50. The van der Waals surface area contributed by atoms with Gasteiger partial charge in [0.25, 0.3) is 0 Å². The molecule has 0 spiro atoms. The maximum Gasteiger partial charge on any atom is 0.220 e. The van der Waals surface area contributed by atoms with Gasteiger partial charge >= 0.3 is 0 Å². The van der Waals surface area contributed by atoms with E-state index in [-0.39, 0.29) is 5.91 Å². The third kappa shape index (κ3) is 3.44. The van der Waals surface area contributed by atoms with Gasteiger partial charge in [0.1, 0.15) is 0 Å². The number of hydrogen-bond donors (Lipinski definition) is 1. The van der Waals surface area contributed by atoms with Gasteiger partial charge in [0.05, 0.1) is 0 Å². The van der Waals surface area contributed by atoms with Crippen LogP contribution in [0.2, 0.25) is 0 Å². The predicted molar refractivity (Wildman–Crippen MR) is 67.7 cm³/mol. The lowest BCUT2D eigenvalue weighted by atomic mass is 9.66. The maximum absolute atomic E-state index is 11.8. The zero-order valence-electron chi connectivity index (χ0n) is 11.0. The normalized spacial score (nSPS) is 26.5. The van der Waals surface area contributed by atoms with Gasteiger partial charge in [-0.2, -0.15) is 0 Å². The van der Waals surface area contributed by atoms with Gasteiger partial charge in [0.15, 0.2) is 0 Å². The Labute approximate surface area is 104 Å². The Morgan fingerprint density at radius 1 is 1.47 bits per heavy atom. The van der Waals surface area contributed by atoms with E-state index in [9.17, 15) is 4.79 Å². The molecule has 1 saturated heterocycles. The molecule has 0 aromatic heterocycles. The Kier molecular flexibility index (Phi) is 4.43. The van der Waals surface area contributed by atoms with Crippen LogP contribution in [0.25, 0.3) is 0 Å². The summed E-state index contributed by atoms with van der Waals surface area (Å²) in [6.07, 6.45) is 8.13. The fraction of sp³-hybridized carbons (Fsp3) is 0.929. The number of rotatable bonds is 6. The molecule has 98 valence electrons. The summed E-state index contributed by atoms with van der Waals surface area (Å²) >= 11 is 0. The van der Waals surface area contributed by atoms with E-state index in [1.807, 2.05) is 0 Å². The zero-order chi connectivity index (χ0) is 12.1. The van der Waals surface area contributed by atoms with Gasteiger partial charge in [0, 0.05) is 26.2 Å². The molecule has 1 amide bonds. The first-order chi connectivity index (χ1) is 8.24. The Morgan fingerprint density at radius 3 is 2.82 bits per heavy atom. The second kappa shape index (κ2) is 5.85. The van der Waals surface area contributed by atoms with Crippen LogP contribution >= 0.6 is 0 Å². The molecule has 17 heavy (non-hydrogen) atoms. The average Bonchev–Trinajstić information content (AvgIpc) is 2.74. The van der Waals surface area contributed by atoms with E-state index in [4.69, 9.17) is 4.74 Å². The average molecular weight is 239 g/mol. The lowest BCUT2D eigenvalue weighted by Crippen LogP contribution is -2.42. The monoisotopic (exact) mass is 239 g/mol. The molecule has 1 atom stereocenters. The fourth-order valence-corrected chi connectivity index (χ4v) is 3.09. The van der Waals surface area contributed by atoms with Crippen LogP contribution in [-0.4, -0.2) is 25.7 Å². The molecule has 0 radical (unpaired) electrons. The lowest BCUT2D eigenvalue weighted by molar-refractivity contribution is -0.123. The first kappa shape index (κ1) is 12.9. The Morgan fingerprint density at radius 2 is 2.29 bits per heavy atom. The minimum absolute atomic E-state index is 0.225. The van der Waals surface area contributed by atoms with Crippen LogP contribution in [0, 0.1) is 11.3 Å². The van der Waals surface area contributed by atoms with E-state index in [2.05, 4.69) is 12.2 Å². The van der Waals surface area contributed by atoms with Crippen molar-refractivity contribution in [3.05, 3.63) is 0 Å². The summed E-state index contributed by atoms with van der Waals surface area (Å²) in [6.45, 7) is 4.73. The van der Waals surface area contributed by atoms with Crippen LogP contribution in [0.4, 0.5) is 0 Å². The van der Waals surface area contributed by atoms with Crippen LogP contribution in [0.15, 0.2) is 0 Å². The molecule has 2 aliphatic rings. The highest BCUT2D eigenvalue weighted by Gasteiger charge is 2.36. The van der Waals surface area contributed by atoms with Gasteiger partial charge in [-0.15, -0.1) is 0 Å². The van der Waals surface area contributed by atoms with Crippen molar-refractivity contribution in [2.24, 2.45) is 11.3 Å². The molecule has 0 aromatic rings. The van der Waals surface area contributed by atoms with Crippen molar-refractivity contribution >= 4 is 5.91 Å². The van der Waals surface area contributed by atoms with E-state index >= 15 is 0 Å². The molecule has 1 aliphatic heterocycles. The highest BCUT2D eigenvalue weighted by Crippen LogP contribution is 2.44. The summed E-state index contributed by atoms with van der Waals surface area (Å²) in [5, 5.41) is 3.14. The molecule has 1 saturated carbocycles. The summed E-state index contributed by atoms with van der Waals surface area (Å²) in [6, 6.07) is 0. The zero-order valence-corrected chi connectivity index (χ0v) is 11.0.